The molecule has 2 heterocycles. The molecule has 1 unspecified atom stereocenters. The van der Waals surface area contributed by atoms with E-state index in [4.69, 9.17) is 5.73 Å². The van der Waals surface area contributed by atoms with Crippen molar-refractivity contribution in [1.82, 2.24) is 9.88 Å². The van der Waals surface area contributed by atoms with Gasteiger partial charge < -0.3 is 5.73 Å². The van der Waals surface area contributed by atoms with Gasteiger partial charge in [0, 0.05) is 25.0 Å². The van der Waals surface area contributed by atoms with E-state index in [0.717, 1.165) is 13.0 Å². The molecule has 1 aliphatic heterocycles. The molecule has 2 rings (SSSR count). The zero-order chi connectivity index (χ0) is 10.5. The maximum absolute atomic E-state index is 5.84. The molecule has 0 radical (unpaired) electrons. The summed E-state index contributed by atoms with van der Waals surface area (Å²) in [6.07, 6.45) is 7.44. The Morgan fingerprint density at radius 1 is 1.40 bits per heavy atom. The number of hydrogen-bond donors (Lipinski definition) is 1. The largest absolute Gasteiger partial charge is 0.329 e. The van der Waals surface area contributed by atoms with Crippen molar-refractivity contribution in [3.8, 4) is 0 Å². The van der Waals surface area contributed by atoms with Crippen molar-refractivity contribution in [2.75, 3.05) is 19.6 Å². The zero-order valence-electron chi connectivity index (χ0n) is 9.10. The van der Waals surface area contributed by atoms with Crippen molar-refractivity contribution < 1.29 is 0 Å². The first-order chi connectivity index (χ1) is 7.40. The van der Waals surface area contributed by atoms with Gasteiger partial charge in [0.15, 0.2) is 0 Å². The average Bonchev–Trinajstić information content (AvgIpc) is 2.81. The Morgan fingerprint density at radius 2 is 2.20 bits per heavy atom. The van der Waals surface area contributed by atoms with Crippen LogP contribution < -0.4 is 5.73 Å². The van der Waals surface area contributed by atoms with Crippen LogP contribution >= 0.6 is 0 Å². The molecule has 0 aromatic carbocycles. The number of nitrogens with zero attached hydrogens (tertiary/aromatic N) is 2. The quantitative estimate of drug-likeness (QED) is 0.799. The highest BCUT2D eigenvalue weighted by molar-refractivity contribution is 5.10. The number of pyridine rings is 1. The van der Waals surface area contributed by atoms with E-state index < -0.39 is 0 Å². The number of nitrogens with two attached hydrogens (primary N) is 1. The number of likely N-dealkylation sites (tertiary alicyclic amines) is 1. The van der Waals surface area contributed by atoms with Gasteiger partial charge in [-0.2, -0.15) is 0 Å². The molecule has 0 saturated carbocycles. The topological polar surface area (TPSA) is 42.1 Å². The van der Waals surface area contributed by atoms with Gasteiger partial charge in [0.05, 0.1) is 0 Å². The third-order valence-corrected chi connectivity index (χ3v) is 3.12. The Morgan fingerprint density at radius 3 is 2.80 bits per heavy atom. The van der Waals surface area contributed by atoms with E-state index in [1.54, 1.807) is 0 Å². The number of aromatic nitrogens is 1. The highest BCUT2D eigenvalue weighted by atomic mass is 15.2. The summed E-state index contributed by atoms with van der Waals surface area (Å²) in [5.41, 5.74) is 7.13. The average molecular weight is 205 g/mol. The summed E-state index contributed by atoms with van der Waals surface area (Å²) in [5.74, 6) is 0. The molecule has 1 fully saturated rings. The lowest BCUT2D eigenvalue weighted by Gasteiger charge is -2.26. The molecule has 1 aromatic heterocycles. The molecule has 1 atom stereocenters. The van der Waals surface area contributed by atoms with Crippen molar-refractivity contribution >= 4 is 0 Å². The summed E-state index contributed by atoms with van der Waals surface area (Å²) in [6.45, 7) is 3.17. The maximum atomic E-state index is 5.84. The highest BCUT2D eigenvalue weighted by Gasteiger charge is 2.20. The van der Waals surface area contributed by atoms with Gasteiger partial charge in [0.2, 0.25) is 0 Å². The second-order valence-electron chi connectivity index (χ2n) is 4.20. The molecular formula is C12H19N3. The summed E-state index contributed by atoms with van der Waals surface area (Å²) in [4.78, 5) is 6.65. The Kier molecular flexibility index (Phi) is 3.69. The van der Waals surface area contributed by atoms with E-state index in [-0.39, 0.29) is 0 Å². The second kappa shape index (κ2) is 5.24. The lowest BCUT2D eigenvalue weighted by Crippen LogP contribution is -2.40. The Bertz CT molecular complexity index is 280. The third-order valence-electron chi connectivity index (χ3n) is 3.12. The zero-order valence-corrected chi connectivity index (χ0v) is 9.10. The van der Waals surface area contributed by atoms with Crippen LogP contribution in [0.15, 0.2) is 24.5 Å². The Labute approximate surface area is 91.3 Å². The van der Waals surface area contributed by atoms with Crippen LogP contribution in [-0.2, 0) is 6.42 Å². The van der Waals surface area contributed by atoms with Crippen LogP contribution in [0.4, 0.5) is 0 Å². The highest BCUT2D eigenvalue weighted by Crippen LogP contribution is 2.14. The van der Waals surface area contributed by atoms with Crippen LogP contribution in [0.2, 0.25) is 0 Å². The van der Waals surface area contributed by atoms with E-state index in [1.807, 2.05) is 18.5 Å². The minimum atomic E-state index is 0.497. The van der Waals surface area contributed by atoms with Crippen LogP contribution in [0.3, 0.4) is 0 Å². The molecule has 3 nitrogen and oxygen atoms in total. The van der Waals surface area contributed by atoms with Crippen molar-refractivity contribution in [3.05, 3.63) is 30.1 Å². The van der Waals surface area contributed by atoms with Gasteiger partial charge in [-0.05, 0) is 44.0 Å². The van der Waals surface area contributed by atoms with Gasteiger partial charge in [0.1, 0.15) is 0 Å². The van der Waals surface area contributed by atoms with E-state index in [0.29, 0.717) is 6.04 Å². The molecule has 2 N–H and O–H groups in total. The molecule has 1 aromatic rings. The summed E-state index contributed by atoms with van der Waals surface area (Å²) in [7, 11) is 0. The first kappa shape index (κ1) is 10.6. The van der Waals surface area contributed by atoms with Crippen LogP contribution in [0.25, 0.3) is 0 Å². The van der Waals surface area contributed by atoms with Gasteiger partial charge in [-0.15, -0.1) is 0 Å². The predicted octanol–water partition coefficient (Wildman–Crippen LogP) is 1.05. The Hall–Kier alpha value is -0.930. The fourth-order valence-corrected chi connectivity index (χ4v) is 2.26. The van der Waals surface area contributed by atoms with Crippen LogP contribution in [-0.4, -0.2) is 35.6 Å². The molecule has 1 saturated heterocycles. The van der Waals surface area contributed by atoms with Crippen molar-refractivity contribution in [2.45, 2.75) is 25.3 Å². The van der Waals surface area contributed by atoms with Crippen molar-refractivity contribution in [1.29, 1.82) is 0 Å². The van der Waals surface area contributed by atoms with E-state index in [1.165, 1.54) is 31.5 Å². The molecule has 0 bridgehead atoms. The fourth-order valence-electron chi connectivity index (χ4n) is 2.26. The number of rotatable bonds is 4. The predicted molar refractivity (Wildman–Crippen MR) is 61.6 cm³/mol. The minimum absolute atomic E-state index is 0.497. The molecule has 82 valence electrons. The monoisotopic (exact) mass is 205 g/mol. The molecular weight excluding hydrogens is 186 g/mol. The van der Waals surface area contributed by atoms with Gasteiger partial charge in [0.25, 0.3) is 0 Å². The smallest absolute Gasteiger partial charge is 0.0300 e. The lowest BCUT2D eigenvalue weighted by molar-refractivity contribution is 0.246. The SMILES string of the molecule is NCC(Cc1cccnc1)N1CCCC1. The minimum Gasteiger partial charge on any atom is -0.329 e. The van der Waals surface area contributed by atoms with Gasteiger partial charge >= 0.3 is 0 Å². The summed E-state index contributed by atoms with van der Waals surface area (Å²) < 4.78 is 0. The van der Waals surface area contributed by atoms with Crippen LogP contribution in [0.5, 0.6) is 0 Å². The number of hydrogen-bond acceptors (Lipinski definition) is 3. The van der Waals surface area contributed by atoms with Crippen LogP contribution in [0.1, 0.15) is 18.4 Å². The van der Waals surface area contributed by atoms with Gasteiger partial charge in [-0.25, -0.2) is 0 Å². The summed E-state index contributed by atoms with van der Waals surface area (Å²) in [6, 6.07) is 4.62. The normalized spacial score (nSPS) is 19.3. The molecule has 0 spiro atoms. The Balaban J connectivity index is 1.96. The first-order valence-corrected chi connectivity index (χ1v) is 5.73. The first-order valence-electron chi connectivity index (χ1n) is 5.73. The molecule has 3 heteroatoms. The fraction of sp³-hybridized carbons (Fsp3) is 0.583. The second-order valence-corrected chi connectivity index (χ2v) is 4.20. The van der Waals surface area contributed by atoms with Gasteiger partial charge in [-0.3, -0.25) is 9.88 Å². The third kappa shape index (κ3) is 2.76. The molecule has 0 aliphatic carbocycles. The standard InChI is InChI=1S/C12H19N3/c13-9-12(15-6-1-2-7-15)8-11-4-3-5-14-10-11/h3-5,10,12H,1-2,6-9,13H2. The van der Waals surface area contributed by atoms with Gasteiger partial charge in [-0.1, -0.05) is 6.07 Å². The molecule has 15 heavy (non-hydrogen) atoms. The van der Waals surface area contributed by atoms with E-state index in [9.17, 15) is 0 Å². The molecule has 1 aliphatic rings. The van der Waals surface area contributed by atoms with Crippen molar-refractivity contribution in [3.63, 3.8) is 0 Å². The van der Waals surface area contributed by atoms with Crippen molar-refractivity contribution in [2.24, 2.45) is 5.73 Å². The molecule has 0 amide bonds. The maximum Gasteiger partial charge on any atom is 0.0300 e. The summed E-state index contributed by atoms with van der Waals surface area (Å²) in [5, 5.41) is 0. The van der Waals surface area contributed by atoms with E-state index >= 15 is 0 Å². The van der Waals surface area contributed by atoms with Crippen LogP contribution in [0, 0.1) is 0 Å². The lowest BCUT2D eigenvalue weighted by atomic mass is 10.1. The van der Waals surface area contributed by atoms with E-state index in [2.05, 4.69) is 16.0 Å². The summed E-state index contributed by atoms with van der Waals surface area (Å²) >= 11 is 0.